The van der Waals surface area contributed by atoms with Gasteiger partial charge in [0.15, 0.2) is 0 Å². The van der Waals surface area contributed by atoms with Gasteiger partial charge in [-0.2, -0.15) is 18.3 Å². The molecular weight excluding hydrogens is 375 g/mol. The molecule has 1 N–H and O–H groups in total. The fraction of sp³-hybridized carbons (Fsp3) is 0.389. The SMILES string of the molecule is CN(CC(=O)N1c2ccccc2NC(=O)C[C@H]1C(F)(F)F)Cc1cnn(C)c1. The second-order valence-corrected chi connectivity index (χ2v) is 6.79. The van der Waals surface area contributed by atoms with Gasteiger partial charge in [-0.25, -0.2) is 0 Å². The number of rotatable bonds is 4. The monoisotopic (exact) mass is 395 g/mol. The Morgan fingerprint density at radius 2 is 2.07 bits per heavy atom. The summed E-state index contributed by atoms with van der Waals surface area (Å²) in [6.45, 7) is 0.104. The van der Waals surface area contributed by atoms with Gasteiger partial charge in [-0.15, -0.1) is 0 Å². The summed E-state index contributed by atoms with van der Waals surface area (Å²) >= 11 is 0. The molecule has 1 aromatic heterocycles. The molecule has 0 fully saturated rings. The standard InChI is InChI=1S/C18H20F3N5O2/c1-24(9-12-8-22-25(2)10-12)11-17(28)26-14-6-4-3-5-13(14)23-16(27)7-15(26)18(19,20)21/h3-6,8,10,15H,7,9,11H2,1-2H3,(H,23,27)/t15-/m0/s1. The number of benzene rings is 1. The second-order valence-electron chi connectivity index (χ2n) is 6.79. The molecule has 10 heteroatoms. The van der Waals surface area contributed by atoms with Crippen molar-refractivity contribution in [3.05, 3.63) is 42.2 Å². The van der Waals surface area contributed by atoms with Crippen molar-refractivity contribution in [3.8, 4) is 0 Å². The number of anilines is 2. The van der Waals surface area contributed by atoms with Crippen molar-refractivity contribution in [2.75, 3.05) is 23.8 Å². The molecule has 28 heavy (non-hydrogen) atoms. The first-order chi connectivity index (χ1) is 13.1. The topological polar surface area (TPSA) is 70.5 Å². The normalized spacial score (nSPS) is 17.3. The second kappa shape index (κ2) is 7.63. The van der Waals surface area contributed by atoms with E-state index in [9.17, 15) is 22.8 Å². The minimum Gasteiger partial charge on any atom is -0.324 e. The number of hydrogen-bond acceptors (Lipinski definition) is 4. The number of halogens is 3. The minimum atomic E-state index is -4.74. The lowest BCUT2D eigenvalue weighted by atomic mass is 10.1. The third-order valence-electron chi connectivity index (χ3n) is 4.39. The van der Waals surface area contributed by atoms with Crippen molar-refractivity contribution in [2.24, 2.45) is 7.05 Å². The van der Waals surface area contributed by atoms with E-state index in [1.54, 1.807) is 42.1 Å². The third kappa shape index (κ3) is 4.33. The molecule has 7 nitrogen and oxygen atoms in total. The molecule has 0 radical (unpaired) electrons. The van der Waals surface area contributed by atoms with Gasteiger partial charge in [0, 0.05) is 25.4 Å². The molecule has 1 aromatic carbocycles. The molecule has 1 aliphatic rings. The number of aryl methyl sites for hydroxylation is 1. The lowest BCUT2D eigenvalue weighted by Gasteiger charge is -2.32. The molecular formula is C18H20F3N5O2. The van der Waals surface area contributed by atoms with Gasteiger partial charge in [0.2, 0.25) is 11.8 Å². The Balaban J connectivity index is 1.88. The van der Waals surface area contributed by atoms with Crippen LogP contribution in [0.25, 0.3) is 0 Å². The zero-order chi connectivity index (χ0) is 20.5. The fourth-order valence-electron chi connectivity index (χ4n) is 3.22. The molecule has 2 aromatic rings. The zero-order valence-corrected chi connectivity index (χ0v) is 15.4. The lowest BCUT2D eigenvalue weighted by Crippen LogP contribution is -2.52. The van der Waals surface area contributed by atoms with Crippen LogP contribution in [-0.4, -0.2) is 52.3 Å². The summed E-state index contributed by atoms with van der Waals surface area (Å²) in [7, 11) is 3.39. The molecule has 0 spiro atoms. The molecule has 2 heterocycles. The quantitative estimate of drug-likeness (QED) is 0.861. The van der Waals surface area contributed by atoms with Crippen LogP contribution in [0.15, 0.2) is 36.7 Å². The Hall–Kier alpha value is -2.88. The van der Waals surface area contributed by atoms with Crippen molar-refractivity contribution < 1.29 is 22.8 Å². The molecule has 1 atom stereocenters. The zero-order valence-electron chi connectivity index (χ0n) is 15.4. The van der Waals surface area contributed by atoms with Crippen LogP contribution in [0, 0.1) is 0 Å². The van der Waals surface area contributed by atoms with Gasteiger partial charge < -0.3 is 5.32 Å². The maximum absolute atomic E-state index is 13.7. The molecule has 0 aliphatic carbocycles. The van der Waals surface area contributed by atoms with E-state index < -0.39 is 30.5 Å². The molecule has 150 valence electrons. The molecule has 2 amide bonds. The average Bonchev–Trinajstić information content (AvgIpc) is 2.91. The van der Waals surface area contributed by atoms with Crippen LogP contribution < -0.4 is 10.2 Å². The molecule has 3 rings (SSSR count). The van der Waals surface area contributed by atoms with E-state index in [0.29, 0.717) is 11.4 Å². The predicted octanol–water partition coefficient (Wildman–Crippen LogP) is 2.16. The first-order valence-corrected chi connectivity index (χ1v) is 8.59. The third-order valence-corrected chi connectivity index (χ3v) is 4.39. The van der Waals surface area contributed by atoms with Gasteiger partial charge in [-0.3, -0.25) is 24.1 Å². The lowest BCUT2D eigenvalue weighted by molar-refractivity contribution is -0.158. The van der Waals surface area contributed by atoms with Crippen molar-refractivity contribution in [1.82, 2.24) is 14.7 Å². The van der Waals surface area contributed by atoms with E-state index in [1.165, 1.54) is 18.2 Å². The number of carbonyl (C=O) groups excluding carboxylic acids is 2. The van der Waals surface area contributed by atoms with Gasteiger partial charge >= 0.3 is 6.18 Å². The Bertz CT molecular complexity index is 880. The van der Waals surface area contributed by atoms with Crippen molar-refractivity contribution >= 4 is 23.2 Å². The molecule has 1 aliphatic heterocycles. The first kappa shape index (κ1) is 19.9. The van der Waals surface area contributed by atoms with Gasteiger partial charge in [-0.05, 0) is 19.2 Å². The van der Waals surface area contributed by atoms with E-state index in [4.69, 9.17) is 0 Å². The number of likely N-dealkylation sites (N-methyl/N-ethyl adjacent to an activating group) is 1. The smallest absolute Gasteiger partial charge is 0.324 e. The van der Waals surface area contributed by atoms with Crippen LogP contribution in [0.1, 0.15) is 12.0 Å². The number of aromatic nitrogens is 2. The number of nitrogens with zero attached hydrogens (tertiary/aromatic N) is 4. The Kier molecular flexibility index (Phi) is 5.41. The van der Waals surface area contributed by atoms with E-state index in [2.05, 4.69) is 10.4 Å². The fourth-order valence-corrected chi connectivity index (χ4v) is 3.22. The van der Waals surface area contributed by atoms with Gasteiger partial charge in [0.1, 0.15) is 6.04 Å². The molecule has 0 unspecified atom stereocenters. The summed E-state index contributed by atoms with van der Waals surface area (Å²) in [6, 6.07) is 3.77. The highest BCUT2D eigenvalue weighted by atomic mass is 19.4. The van der Waals surface area contributed by atoms with E-state index in [1.807, 2.05) is 0 Å². The van der Waals surface area contributed by atoms with Crippen molar-refractivity contribution in [1.29, 1.82) is 0 Å². The number of para-hydroxylation sites is 2. The van der Waals surface area contributed by atoms with Crippen molar-refractivity contribution in [3.63, 3.8) is 0 Å². The summed E-state index contributed by atoms with van der Waals surface area (Å²) < 4.78 is 42.7. The summed E-state index contributed by atoms with van der Waals surface area (Å²) in [5.41, 5.74) is 1.05. The number of nitrogens with one attached hydrogen (secondary N) is 1. The minimum absolute atomic E-state index is 0.0375. The van der Waals surface area contributed by atoms with Gasteiger partial charge in [0.05, 0.1) is 30.5 Å². The maximum atomic E-state index is 13.7. The number of carbonyl (C=O) groups is 2. The van der Waals surface area contributed by atoms with Crippen molar-refractivity contribution in [2.45, 2.75) is 25.2 Å². The van der Waals surface area contributed by atoms with Crippen LogP contribution in [0.5, 0.6) is 0 Å². The Morgan fingerprint density at radius 3 is 2.71 bits per heavy atom. The highest BCUT2D eigenvalue weighted by molar-refractivity contribution is 6.05. The Labute approximate surface area is 159 Å². The first-order valence-electron chi connectivity index (χ1n) is 8.59. The highest BCUT2D eigenvalue weighted by Crippen LogP contribution is 2.37. The van der Waals surface area contributed by atoms with Crippen LogP contribution in [0.2, 0.25) is 0 Å². The summed E-state index contributed by atoms with van der Waals surface area (Å²) in [6.07, 6.45) is -2.20. The Morgan fingerprint density at radius 1 is 1.36 bits per heavy atom. The molecule has 0 saturated heterocycles. The number of hydrogen-bond donors (Lipinski definition) is 1. The average molecular weight is 395 g/mol. The maximum Gasteiger partial charge on any atom is 0.409 e. The van der Waals surface area contributed by atoms with E-state index in [0.717, 1.165) is 5.56 Å². The van der Waals surface area contributed by atoms with Crippen LogP contribution >= 0.6 is 0 Å². The summed E-state index contributed by atoms with van der Waals surface area (Å²) in [5, 5.41) is 6.48. The number of fused-ring (bicyclic) bond motifs is 1. The molecule has 0 saturated carbocycles. The van der Waals surface area contributed by atoms with E-state index in [-0.39, 0.29) is 17.9 Å². The highest BCUT2D eigenvalue weighted by Gasteiger charge is 2.49. The number of amides is 2. The van der Waals surface area contributed by atoms with E-state index >= 15 is 0 Å². The van der Waals surface area contributed by atoms with Crippen LogP contribution in [0.4, 0.5) is 24.5 Å². The summed E-state index contributed by atoms with van der Waals surface area (Å²) in [5.74, 6) is -1.52. The summed E-state index contributed by atoms with van der Waals surface area (Å²) in [4.78, 5) is 27.2. The molecule has 0 bridgehead atoms. The predicted molar refractivity (Wildman–Crippen MR) is 96.6 cm³/mol. The van der Waals surface area contributed by atoms with Gasteiger partial charge in [0.25, 0.3) is 0 Å². The largest absolute Gasteiger partial charge is 0.409 e. The number of alkyl halides is 3. The van der Waals surface area contributed by atoms with Gasteiger partial charge in [-0.1, -0.05) is 12.1 Å². The van der Waals surface area contributed by atoms with Crippen LogP contribution in [0.3, 0.4) is 0 Å². The van der Waals surface area contributed by atoms with Crippen LogP contribution in [-0.2, 0) is 23.2 Å².